The largest absolute Gasteiger partial charge is 0.451 e. The van der Waals surface area contributed by atoms with Crippen molar-refractivity contribution in [2.45, 2.75) is 65.0 Å². The summed E-state index contributed by atoms with van der Waals surface area (Å²) in [6.45, 7) is 16.5. The normalized spacial score (nSPS) is 14.1. The van der Waals surface area contributed by atoms with Gasteiger partial charge in [0.2, 0.25) is 5.53 Å². The van der Waals surface area contributed by atoms with E-state index in [9.17, 15) is 0 Å². The number of hydrogen-bond acceptors (Lipinski definition) is 4. The lowest BCUT2D eigenvalue weighted by atomic mass is 10.6. The first kappa shape index (κ1) is 20.3. The van der Waals surface area contributed by atoms with Crippen molar-refractivity contribution in [2.75, 3.05) is 27.3 Å². The predicted octanol–water partition coefficient (Wildman–Crippen LogP) is 3.65. The molecule has 4 nitrogen and oxygen atoms in total. The van der Waals surface area contributed by atoms with Crippen LogP contribution >= 0.6 is 0 Å². The molecule has 0 aromatic rings. The second kappa shape index (κ2) is 8.05. The van der Waals surface area contributed by atoms with E-state index in [0.717, 1.165) is 0 Å². The second-order valence-electron chi connectivity index (χ2n) is 6.46. The van der Waals surface area contributed by atoms with E-state index in [-0.39, 0.29) is 0 Å². The minimum absolute atomic E-state index is 0.619. The maximum Gasteiger partial charge on any atom is 0.262 e. The van der Waals surface area contributed by atoms with Gasteiger partial charge in [-0.2, -0.15) is 0 Å². The third-order valence-electron chi connectivity index (χ3n) is 3.41. The number of ether oxygens (including phenoxy) is 2. The van der Waals surface area contributed by atoms with Gasteiger partial charge < -0.3 is 13.6 Å². The Kier molecular flexibility index (Phi) is 8.16. The Morgan fingerprint density at radius 1 is 0.900 bits per heavy atom. The summed E-state index contributed by atoms with van der Waals surface area (Å²) in [6.07, 6.45) is 1.17. The molecule has 0 aromatic carbocycles. The van der Waals surface area contributed by atoms with Gasteiger partial charge in [-0.25, -0.2) is 0 Å². The third kappa shape index (κ3) is 4.92. The minimum Gasteiger partial charge on any atom is -0.451 e. The van der Waals surface area contributed by atoms with E-state index >= 15 is 0 Å². The summed E-state index contributed by atoms with van der Waals surface area (Å²) in [5.41, 5.74) is -0.714. The molecule has 0 bridgehead atoms. The molecule has 0 amide bonds. The SMILES string of the molecule is CCC[Si](C)(C)O[Si](C)(C)C(OCC)(OCC)N(C)C. The summed E-state index contributed by atoms with van der Waals surface area (Å²) in [5.74, 6) is 0. The molecule has 0 aromatic heterocycles. The molecule has 0 heterocycles. The van der Waals surface area contributed by atoms with E-state index in [1.165, 1.54) is 12.5 Å². The Hall–Kier alpha value is 0.274. The van der Waals surface area contributed by atoms with Gasteiger partial charge in [0, 0.05) is 13.2 Å². The standard InChI is InChI=1S/C14H35NO3Si2/c1-10-13-19(6,7)18-20(8,9)14(15(4)5,16-11-2)17-12-3/h10-13H2,1-9H3. The third-order valence-corrected chi connectivity index (χ3v) is 11.6. The first-order chi connectivity index (χ1) is 9.08. The van der Waals surface area contributed by atoms with Gasteiger partial charge in [0.05, 0.1) is 0 Å². The van der Waals surface area contributed by atoms with Crippen LogP contribution in [0.5, 0.6) is 0 Å². The first-order valence-electron chi connectivity index (χ1n) is 7.74. The van der Waals surface area contributed by atoms with Crippen molar-refractivity contribution in [2.24, 2.45) is 0 Å². The summed E-state index contributed by atoms with van der Waals surface area (Å²) >= 11 is 0. The van der Waals surface area contributed by atoms with Crippen molar-refractivity contribution in [1.29, 1.82) is 0 Å². The van der Waals surface area contributed by atoms with Crippen molar-refractivity contribution in [3.63, 3.8) is 0 Å². The molecule has 0 fully saturated rings. The highest BCUT2D eigenvalue weighted by Gasteiger charge is 2.55. The zero-order chi connectivity index (χ0) is 16.0. The van der Waals surface area contributed by atoms with Gasteiger partial charge in [0.1, 0.15) is 0 Å². The van der Waals surface area contributed by atoms with Crippen LogP contribution in [0.4, 0.5) is 0 Å². The van der Waals surface area contributed by atoms with E-state index in [4.69, 9.17) is 13.6 Å². The Morgan fingerprint density at radius 3 is 1.65 bits per heavy atom. The lowest BCUT2D eigenvalue weighted by Crippen LogP contribution is -2.69. The summed E-state index contributed by atoms with van der Waals surface area (Å²) in [5, 5.41) is 0. The van der Waals surface area contributed by atoms with E-state index in [2.05, 4.69) is 33.1 Å². The van der Waals surface area contributed by atoms with Crippen molar-refractivity contribution in [3.8, 4) is 0 Å². The average molecular weight is 322 g/mol. The van der Waals surface area contributed by atoms with Gasteiger partial charge in [-0.15, -0.1) is 0 Å². The Bertz CT molecular complexity index is 278. The zero-order valence-corrected chi connectivity index (χ0v) is 17.0. The van der Waals surface area contributed by atoms with Gasteiger partial charge in [-0.3, -0.25) is 4.90 Å². The number of nitrogens with zero attached hydrogens (tertiary/aromatic N) is 1. The van der Waals surface area contributed by atoms with Crippen LogP contribution in [0.3, 0.4) is 0 Å². The first-order valence-corrected chi connectivity index (χ1v) is 13.8. The minimum atomic E-state index is -2.22. The van der Waals surface area contributed by atoms with Crippen molar-refractivity contribution < 1.29 is 13.6 Å². The highest BCUT2D eigenvalue weighted by Crippen LogP contribution is 2.33. The molecule has 0 saturated carbocycles. The Morgan fingerprint density at radius 2 is 1.35 bits per heavy atom. The lowest BCUT2D eigenvalue weighted by molar-refractivity contribution is -0.258. The molecule has 122 valence electrons. The van der Waals surface area contributed by atoms with Crippen molar-refractivity contribution in [3.05, 3.63) is 0 Å². The molecule has 0 unspecified atom stereocenters. The van der Waals surface area contributed by atoms with Gasteiger partial charge in [0.25, 0.3) is 8.32 Å². The molecule has 0 N–H and O–H groups in total. The van der Waals surface area contributed by atoms with Gasteiger partial charge in [-0.1, -0.05) is 13.3 Å². The molecular weight excluding hydrogens is 286 g/mol. The maximum atomic E-state index is 6.68. The maximum absolute atomic E-state index is 6.68. The van der Waals surface area contributed by atoms with Crippen LogP contribution in [0.15, 0.2) is 0 Å². The molecule has 0 rings (SSSR count). The number of rotatable bonds is 10. The van der Waals surface area contributed by atoms with Crippen LogP contribution in [0.1, 0.15) is 27.2 Å². The molecule has 20 heavy (non-hydrogen) atoms. The molecular formula is C14H35NO3Si2. The molecule has 0 aliphatic carbocycles. The molecule has 0 aliphatic heterocycles. The highest BCUT2D eigenvalue weighted by molar-refractivity contribution is 6.86. The second-order valence-corrected chi connectivity index (χ2v) is 15.0. The Balaban J connectivity index is 5.40. The molecule has 0 aliphatic rings. The van der Waals surface area contributed by atoms with Crippen LogP contribution in [-0.4, -0.2) is 54.4 Å². The fraction of sp³-hybridized carbons (Fsp3) is 1.00. The topological polar surface area (TPSA) is 30.9 Å². The molecule has 0 saturated heterocycles. The van der Waals surface area contributed by atoms with Gasteiger partial charge >= 0.3 is 0 Å². The van der Waals surface area contributed by atoms with Crippen LogP contribution in [0.2, 0.25) is 32.2 Å². The summed E-state index contributed by atoms with van der Waals surface area (Å²) in [6, 6.07) is 1.17. The fourth-order valence-electron chi connectivity index (χ4n) is 2.99. The molecule has 0 atom stereocenters. The zero-order valence-electron chi connectivity index (χ0n) is 15.0. The number of hydrogen-bond donors (Lipinski definition) is 0. The molecule has 6 heteroatoms. The van der Waals surface area contributed by atoms with E-state index in [1.54, 1.807) is 0 Å². The molecule has 0 radical (unpaired) electrons. The Labute approximate surface area is 128 Å². The summed E-state index contributed by atoms with van der Waals surface area (Å²) in [4.78, 5) is 2.04. The van der Waals surface area contributed by atoms with E-state index in [1.807, 2.05) is 32.8 Å². The summed E-state index contributed by atoms with van der Waals surface area (Å²) in [7, 11) is 0.129. The van der Waals surface area contributed by atoms with Crippen LogP contribution in [0, 0.1) is 0 Å². The average Bonchev–Trinajstić information content (AvgIpc) is 2.26. The quantitative estimate of drug-likeness (QED) is 0.454. The van der Waals surface area contributed by atoms with Crippen molar-refractivity contribution >= 4 is 16.6 Å². The van der Waals surface area contributed by atoms with Gasteiger partial charge in [0.15, 0.2) is 8.32 Å². The predicted molar refractivity (Wildman–Crippen MR) is 90.8 cm³/mol. The smallest absolute Gasteiger partial charge is 0.262 e. The summed E-state index contributed by atoms with van der Waals surface area (Å²) < 4.78 is 18.8. The highest BCUT2D eigenvalue weighted by atomic mass is 28.4. The lowest BCUT2D eigenvalue weighted by Gasteiger charge is -2.50. The van der Waals surface area contributed by atoms with Gasteiger partial charge in [-0.05, 0) is 60.2 Å². The van der Waals surface area contributed by atoms with E-state index in [0.29, 0.717) is 13.2 Å². The molecule has 0 spiro atoms. The fourth-order valence-corrected chi connectivity index (χ4v) is 12.7. The van der Waals surface area contributed by atoms with Crippen LogP contribution in [-0.2, 0) is 13.6 Å². The monoisotopic (exact) mass is 321 g/mol. The van der Waals surface area contributed by atoms with Crippen molar-refractivity contribution in [1.82, 2.24) is 4.90 Å². The van der Waals surface area contributed by atoms with Crippen LogP contribution < -0.4 is 0 Å². The van der Waals surface area contributed by atoms with Crippen LogP contribution in [0.25, 0.3) is 0 Å². The van der Waals surface area contributed by atoms with E-state index < -0.39 is 22.2 Å².